The summed E-state index contributed by atoms with van der Waals surface area (Å²) in [6.45, 7) is 7.94. The van der Waals surface area contributed by atoms with E-state index in [4.69, 9.17) is 9.47 Å². The van der Waals surface area contributed by atoms with Gasteiger partial charge >= 0.3 is 5.97 Å². The number of hydrogen-bond donors (Lipinski definition) is 1. The molecule has 2 aromatic carbocycles. The van der Waals surface area contributed by atoms with Crippen molar-refractivity contribution in [1.29, 1.82) is 0 Å². The van der Waals surface area contributed by atoms with Crippen LogP contribution in [0.25, 0.3) is 0 Å². The van der Waals surface area contributed by atoms with Crippen molar-refractivity contribution >= 4 is 17.8 Å². The minimum Gasteiger partial charge on any atom is -0.466 e. The Morgan fingerprint density at radius 3 is 2.42 bits per heavy atom. The fourth-order valence-corrected chi connectivity index (χ4v) is 7.26. The Hall–Kier alpha value is -3.49. The SMILES string of the molecule is C=CCN(Cc1ccccc1)C(=O)C1N([C@H](CO)c2ccccc2)C(=O)[C@@H]2[C@H](C(=O)OCC)[C@]3(CC)CCC12O3. The highest BCUT2D eigenvalue weighted by atomic mass is 16.6. The molecule has 2 aromatic rings. The number of aliphatic hydroxyl groups excluding tert-OH is 1. The summed E-state index contributed by atoms with van der Waals surface area (Å²) >= 11 is 0. The highest BCUT2D eigenvalue weighted by molar-refractivity contribution is 5.99. The number of aliphatic hydroxyl groups is 1. The van der Waals surface area contributed by atoms with Gasteiger partial charge in [-0.15, -0.1) is 6.58 Å². The predicted molar refractivity (Wildman–Crippen MR) is 149 cm³/mol. The number of rotatable bonds is 11. The van der Waals surface area contributed by atoms with Crippen molar-refractivity contribution in [3.05, 3.63) is 84.4 Å². The summed E-state index contributed by atoms with van der Waals surface area (Å²) in [5.74, 6) is -2.81. The molecule has 0 saturated carbocycles. The van der Waals surface area contributed by atoms with E-state index in [0.29, 0.717) is 31.4 Å². The summed E-state index contributed by atoms with van der Waals surface area (Å²) in [5.41, 5.74) is -0.435. The zero-order valence-corrected chi connectivity index (χ0v) is 23.2. The molecule has 212 valence electrons. The van der Waals surface area contributed by atoms with Crippen molar-refractivity contribution in [3.8, 4) is 0 Å². The molecule has 0 aromatic heterocycles. The summed E-state index contributed by atoms with van der Waals surface area (Å²) in [6.07, 6.45) is 3.19. The molecule has 5 rings (SSSR count). The number of ether oxygens (including phenoxy) is 2. The van der Waals surface area contributed by atoms with Gasteiger partial charge in [0.2, 0.25) is 11.8 Å². The Kier molecular flexibility index (Phi) is 7.84. The molecule has 3 saturated heterocycles. The molecule has 0 aliphatic carbocycles. The molecule has 3 heterocycles. The second-order valence-electron chi connectivity index (χ2n) is 10.9. The molecule has 3 aliphatic heterocycles. The Labute approximate surface area is 235 Å². The molecule has 40 heavy (non-hydrogen) atoms. The molecule has 1 spiro atoms. The Bertz CT molecular complexity index is 1250. The van der Waals surface area contributed by atoms with E-state index < -0.39 is 41.1 Å². The number of esters is 1. The third-order valence-corrected chi connectivity index (χ3v) is 8.96. The summed E-state index contributed by atoms with van der Waals surface area (Å²) in [7, 11) is 0. The third kappa shape index (κ3) is 4.34. The van der Waals surface area contributed by atoms with E-state index in [2.05, 4.69) is 6.58 Å². The van der Waals surface area contributed by atoms with Crippen molar-refractivity contribution < 1.29 is 29.0 Å². The molecule has 2 amide bonds. The molecular formula is C32H38N2O6. The standard InChI is InChI=1S/C32H38N2O6/c1-4-19-33(20-22-13-9-7-10-14-22)29(37)27-32-18-17-31(5-2,40-32)26(30(38)39-6-3)25(32)28(36)34(27)24(21-35)23-15-11-8-12-16-23/h4,7-16,24-27,35H,1,5-6,17-21H2,2-3H3/t24-,25+,26-,27?,31+,32?/m1/s1. The highest BCUT2D eigenvalue weighted by Crippen LogP contribution is 2.65. The summed E-state index contributed by atoms with van der Waals surface area (Å²) in [5, 5.41) is 10.7. The van der Waals surface area contributed by atoms with Gasteiger partial charge in [0.05, 0.1) is 30.8 Å². The smallest absolute Gasteiger partial charge is 0.312 e. The van der Waals surface area contributed by atoms with Crippen molar-refractivity contribution in [2.45, 2.75) is 62.9 Å². The van der Waals surface area contributed by atoms with Crippen molar-refractivity contribution in [2.75, 3.05) is 19.8 Å². The third-order valence-electron chi connectivity index (χ3n) is 8.96. The molecular weight excluding hydrogens is 508 g/mol. The molecule has 2 bridgehead atoms. The first kappa shape index (κ1) is 28.1. The Morgan fingerprint density at radius 1 is 1.15 bits per heavy atom. The monoisotopic (exact) mass is 546 g/mol. The quantitative estimate of drug-likeness (QED) is 0.342. The summed E-state index contributed by atoms with van der Waals surface area (Å²) in [4.78, 5) is 45.8. The number of amides is 2. The van der Waals surface area contributed by atoms with Crippen LogP contribution in [-0.2, 0) is 30.4 Å². The number of nitrogens with zero attached hydrogens (tertiary/aromatic N) is 2. The van der Waals surface area contributed by atoms with Crippen LogP contribution in [0.15, 0.2) is 73.3 Å². The molecule has 2 unspecified atom stereocenters. The fourth-order valence-electron chi connectivity index (χ4n) is 7.26. The molecule has 0 radical (unpaired) electrons. The average molecular weight is 547 g/mol. The van der Waals surface area contributed by atoms with Gasteiger partial charge in [0.1, 0.15) is 17.6 Å². The van der Waals surface area contributed by atoms with Gasteiger partial charge in [0.25, 0.3) is 0 Å². The first-order chi connectivity index (χ1) is 19.4. The first-order valence-corrected chi connectivity index (χ1v) is 14.2. The number of hydrogen-bond acceptors (Lipinski definition) is 6. The lowest BCUT2D eigenvalue weighted by atomic mass is 9.65. The lowest BCUT2D eigenvalue weighted by Crippen LogP contribution is -2.57. The van der Waals surface area contributed by atoms with Gasteiger partial charge in [-0.1, -0.05) is 73.7 Å². The van der Waals surface area contributed by atoms with Crippen molar-refractivity contribution in [3.63, 3.8) is 0 Å². The van der Waals surface area contributed by atoms with E-state index in [9.17, 15) is 19.5 Å². The van der Waals surface area contributed by atoms with Crippen LogP contribution < -0.4 is 0 Å². The summed E-state index contributed by atoms with van der Waals surface area (Å²) in [6, 6.07) is 17.0. The minimum absolute atomic E-state index is 0.183. The lowest BCUT2D eigenvalue weighted by molar-refractivity contribution is -0.163. The summed E-state index contributed by atoms with van der Waals surface area (Å²) < 4.78 is 12.3. The van der Waals surface area contributed by atoms with Crippen molar-refractivity contribution in [1.82, 2.24) is 9.80 Å². The second kappa shape index (κ2) is 11.2. The van der Waals surface area contributed by atoms with Crippen LogP contribution in [-0.4, -0.2) is 69.7 Å². The van der Waals surface area contributed by atoms with Gasteiger partial charge in [0.15, 0.2) is 0 Å². The number of carbonyl (C=O) groups excluding carboxylic acids is 3. The van der Waals surface area contributed by atoms with E-state index in [1.54, 1.807) is 17.9 Å². The minimum atomic E-state index is -1.21. The van der Waals surface area contributed by atoms with E-state index >= 15 is 0 Å². The van der Waals surface area contributed by atoms with E-state index in [-0.39, 0.29) is 31.6 Å². The van der Waals surface area contributed by atoms with Gasteiger partial charge in [-0.05, 0) is 37.3 Å². The van der Waals surface area contributed by atoms with Crippen LogP contribution in [0.5, 0.6) is 0 Å². The molecule has 1 N–H and O–H groups in total. The fraction of sp³-hybridized carbons (Fsp3) is 0.469. The molecule has 6 atom stereocenters. The number of fused-ring (bicyclic) bond motifs is 1. The van der Waals surface area contributed by atoms with E-state index in [1.165, 1.54) is 4.90 Å². The maximum absolute atomic E-state index is 14.7. The second-order valence-corrected chi connectivity index (χ2v) is 10.9. The van der Waals surface area contributed by atoms with Gasteiger partial charge < -0.3 is 24.4 Å². The number of likely N-dealkylation sites (tertiary alicyclic amines) is 1. The van der Waals surface area contributed by atoms with Crippen LogP contribution in [0.3, 0.4) is 0 Å². The lowest BCUT2D eigenvalue weighted by Gasteiger charge is -2.39. The molecule has 3 aliphatic rings. The zero-order valence-electron chi connectivity index (χ0n) is 23.2. The van der Waals surface area contributed by atoms with Gasteiger partial charge in [0, 0.05) is 13.1 Å². The van der Waals surface area contributed by atoms with E-state index in [0.717, 1.165) is 5.56 Å². The van der Waals surface area contributed by atoms with Crippen molar-refractivity contribution in [2.24, 2.45) is 11.8 Å². The van der Waals surface area contributed by atoms with Crippen LogP contribution in [0.2, 0.25) is 0 Å². The Morgan fingerprint density at radius 2 is 1.82 bits per heavy atom. The van der Waals surface area contributed by atoms with Crippen LogP contribution in [0.4, 0.5) is 0 Å². The number of benzene rings is 2. The highest BCUT2D eigenvalue weighted by Gasteiger charge is 2.79. The topological polar surface area (TPSA) is 96.4 Å². The first-order valence-electron chi connectivity index (χ1n) is 14.2. The maximum atomic E-state index is 14.7. The van der Waals surface area contributed by atoms with Gasteiger partial charge in [-0.25, -0.2) is 0 Å². The van der Waals surface area contributed by atoms with Gasteiger partial charge in [-0.3, -0.25) is 14.4 Å². The molecule has 8 heteroatoms. The average Bonchev–Trinajstić information content (AvgIpc) is 3.58. The predicted octanol–water partition coefficient (Wildman–Crippen LogP) is 3.65. The maximum Gasteiger partial charge on any atom is 0.312 e. The van der Waals surface area contributed by atoms with Gasteiger partial charge in [-0.2, -0.15) is 0 Å². The number of carbonyl (C=O) groups is 3. The van der Waals surface area contributed by atoms with Crippen LogP contribution in [0, 0.1) is 11.8 Å². The Balaban J connectivity index is 1.64. The zero-order chi connectivity index (χ0) is 28.5. The normalized spacial score (nSPS) is 29.2. The molecule has 8 nitrogen and oxygen atoms in total. The van der Waals surface area contributed by atoms with E-state index in [1.807, 2.05) is 67.6 Å². The van der Waals surface area contributed by atoms with Crippen LogP contribution in [0.1, 0.15) is 50.3 Å². The van der Waals surface area contributed by atoms with Crippen LogP contribution >= 0.6 is 0 Å². The molecule has 3 fully saturated rings. The largest absolute Gasteiger partial charge is 0.466 e.